The summed E-state index contributed by atoms with van der Waals surface area (Å²) in [6, 6.07) is 8.76. The first-order chi connectivity index (χ1) is 18.5. The predicted octanol–water partition coefficient (Wildman–Crippen LogP) is 6.61. The molecule has 5 rings (SSSR count). The maximum absolute atomic E-state index is 13.2. The summed E-state index contributed by atoms with van der Waals surface area (Å²) in [7, 11) is 0.472. The van der Waals surface area contributed by atoms with Gasteiger partial charge in [-0.2, -0.15) is 0 Å². The Kier molecular flexibility index (Phi) is 7.77. The van der Waals surface area contributed by atoms with Crippen molar-refractivity contribution in [2.24, 2.45) is 17.3 Å². The summed E-state index contributed by atoms with van der Waals surface area (Å²) in [5.41, 5.74) is 7.44. The lowest BCUT2D eigenvalue weighted by atomic mass is 9.51. The largest absolute Gasteiger partial charge is 0.405 e. The van der Waals surface area contributed by atoms with Crippen molar-refractivity contribution >= 4 is 19.1 Å². The van der Waals surface area contributed by atoms with Crippen LogP contribution in [0.4, 0.5) is 5.69 Å². The molecule has 0 spiro atoms. The number of rotatable bonds is 6. The van der Waals surface area contributed by atoms with Gasteiger partial charge in [0.2, 0.25) is 0 Å². The third-order valence-electron chi connectivity index (χ3n) is 9.67. The summed E-state index contributed by atoms with van der Waals surface area (Å²) in [5.74, 6) is 4.05. The lowest BCUT2D eigenvalue weighted by Gasteiger charge is -2.53. The van der Waals surface area contributed by atoms with Crippen LogP contribution in [0.2, 0.25) is 0 Å². The Morgan fingerprint density at radius 3 is 2.46 bits per heavy atom. The van der Waals surface area contributed by atoms with E-state index in [1.807, 2.05) is 14.1 Å². The Morgan fingerprint density at radius 1 is 1.13 bits per heavy atom. The van der Waals surface area contributed by atoms with Gasteiger partial charge in [0.05, 0.1) is 13.2 Å². The van der Waals surface area contributed by atoms with Gasteiger partial charge in [-0.1, -0.05) is 36.6 Å². The molecule has 1 aromatic carbocycles. The molecule has 0 radical (unpaired) electrons. The zero-order valence-corrected chi connectivity index (χ0v) is 24.9. The van der Waals surface area contributed by atoms with E-state index in [1.54, 1.807) is 13.8 Å². The van der Waals surface area contributed by atoms with Gasteiger partial charge < -0.3 is 10.0 Å². The molecule has 0 bridgehead atoms. The van der Waals surface area contributed by atoms with Crippen molar-refractivity contribution in [3.05, 3.63) is 52.6 Å². The maximum atomic E-state index is 13.2. The van der Waals surface area contributed by atoms with Crippen molar-refractivity contribution in [1.29, 1.82) is 0 Å². The van der Waals surface area contributed by atoms with E-state index in [9.17, 15) is 14.5 Å². The average Bonchev–Trinajstić information content (AvgIpc) is 3.17. The topological polar surface area (TPSA) is 76.1 Å². The van der Waals surface area contributed by atoms with E-state index in [2.05, 4.69) is 53.7 Å². The number of anilines is 1. The number of Topliss-reactive ketones (excluding diaryl/α,β-unsaturated/α-hetero) is 1. The van der Waals surface area contributed by atoms with Gasteiger partial charge in [0.25, 0.3) is 0 Å². The van der Waals surface area contributed by atoms with Gasteiger partial charge in [-0.25, -0.2) is 4.57 Å². The molecule has 0 aliphatic heterocycles. The molecule has 0 aromatic heterocycles. The average molecular weight is 552 g/mol. The minimum atomic E-state index is -3.61. The maximum Gasteiger partial charge on any atom is 0.405 e. The van der Waals surface area contributed by atoms with Crippen molar-refractivity contribution in [3.8, 4) is 11.6 Å². The minimum absolute atomic E-state index is 0.122. The van der Waals surface area contributed by atoms with Crippen molar-refractivity contribution < 1.29 is 23.5 Å². The van der Waals surface area contributed by atoms with Crippen LogP contribution < -0.4 is 4.90 Å². The van der Waals surface area contributed by atoms with Crippen LogP contribution in [0.25, 0.3) is 0 Å². The third-order valence-corrected chi connectivity index (χ3v) is 11.3. The van der Waals surface area contributed by atoms with Crippen LogP contribution in [-0.2, 0) is 18.4 Å². The normalized spacial score (nSPS) is 32.0. The highest BCUT2D eigenvalue weighted by Gasteiger charge is 2.62. The molecule has 39 heavy (non-hydrogen) atoms. The van der Waals surface area contributed by atoms with Gasteiger partial charge >= 0.3 is 7.60 Å². The molecule has 0 unspecified atom stereocenters. The van der Waals surface area contributed by atoms with E-state index >= 15 is 0 Å². The lowest BCUT2D eigenvalue weighted by molar-refractivity contribution is -0.118. The van der Waals surface area contributed by atoms with Gasteiger partial charge in [0.15, 0.2) is 0 Å². The van der Waals surface area contributed by atoms with Crippen molar-refractivity contribution in [2.75, 3.05) is 32.2 Å². The molecule has 0 saturated heterocycles. The molecule has 7 heteroatoms. The van der Waals surface area contributed by atoms with Crippen LogP contribution >= 0.6 is 7.60 Å². The zero-order chi connectivity index (χ0) is 28.0. The molecule has 3 saturated carbocycles. The smallest absolute Gasteiger partial charge is 0.378 e. The lowest BCUT2D eigenvalue weighted by Crippen LogP contribution is -2.50. The van der Waals surface area contributed by atoms with E-state index in [1.165, 1.54) is 22.3 Å². The Balaban J connectivity index is 1.60. The summed E-state index contributed by atoms with van der Waals surface area (Å²) >= 11 is 0. The molecule has 1 aromatic rings. The van der Waals surface area contributed by atoms with Gasteiger partial charge in [0, 0.05) is 49.6 Å². The molecule has 6 nitrogen and oxygen atoms in total. The fourth-order valence-electron chi connectivity index (χ4n) is 7.71. The first-order valence-electron chi connectivity index (χ1n) is 14.4. The number of fused-ring (bicyclic) bond motifs is 4. The number of carbonyl (C=O) groups excluding carboxylic acids is 1. The SMILES string of the molecule is CCOP(=O)(C#C[C@]1(O)CC[C@H]2[C@@H]3CC=C4CC(=O)CCC4=C3[C@@H](c3ccc(N(C)C)cc3)C[C@@]21C)OCC. The molecule has 3 fully saturated rings. The van der Waals surface area contributed by atoms with Gasteiger partial charge in [-0.15, -0.1) is 0 Å². The Labute approximate surface area is 233 Å². The Hall–Kier alpha value is -2.16. The summed E-state index contributed by atoms with van der Waals surface area (Å²) in [5, 5.41) is 12.2. The molecular weight excluding hydrogens is 509 g/mol. The first kappa shape index (κ1) is 28.4. The minimum Gasteiger partial charge on any atom is -0.378 e. The van der Waals surface area contributed by atoms with Gasteiger partial charge in [-0.3, -0.25) is 13.8 Å². The second kappa shape index (κ2) is 10.7. The van der Waals surface area contributed by atoms with Crippen LogP contribution in [0.15, 0.2) is 47.1 Å². The number of allylic oxidation sites excluding steroid dienone is 4. The molecule has 210 valence electrons. The Bertz CT molecular complexity index is 1290. The van der Waals surface area contributed by atoms with Crippen LogP contribution in [-0.4, -0.2) is 43.8 Å². The quantitative estimate of drug-likeness (QED) is 0.317. The number of aliphatic hydroxyl groups is 1. The van der Waals surface area contributed by atoms with E-state index < -0.39 is 18.6 Å². The molecule has 1 N–H and O–H groups in total. The summed E-state index contributed by atoms with van der Waals surface area (Å²) < 4.78 is 24.0. The van der Waals surface area contributed by atoms with E-state index in [0.29, 0.717) is 25.0 Å². The van der Waals surface area contributed by atoms with Crippen molar-refractivity contribution in [3.63, 3.8) is 0 Å². The van der Waals surface area contributed by atoms with Crippen LogP contribution in [0.5, 0.6) is 0 Å². The van der Waals surface area contributed by atoms with E-state index in [0.717, 1.165) is 31.4 Å². The molecule has 4 aliphatic rings. The number of carbonyl (C=O) groups is 1. The number of hydrogen-bond donors (Lipinski definition) is 1. The van der Waals surface area contributed by atoms with Crippen molar-refractivity contribution in [1.82, 2.24) is 0 Å². The predicted molar refractivity (Wildman–Crippen MR) is 155 cm³/mol. The zero-order valence-electron chi connectivity index (χ0n) is 24.0. The van der Waals surface area contributed by atoms with Crippen molar-refractivity contribution in [2.45, 2.75) is 77.2 Å². The molecule has 0 heterocycles. The fraction of sp³-hybridized carbons (Fsp3) is 0.594. The standard InChI is InChI=1S/C32H42NO5P/c1-6-37-39(36,38-7-2)19-18-32(35)17-16-29-27-14-10-23-20-25(34)13-15-26(23)30(27)28(21-31(29,32)3)22-8-11-24(12-9-22)33(4)5/h8-12,27-29,35H,6-7,13-17,20-21H2,1-5H3/t27-,28+,29-,31-,32+/m0/s1. The van der Waals surface area contributed by atoms with E-state index in [4.69, 9.17) is 9.05 Å². The number of ketones is 1. The highest BCUT2D eigenvalue weighted by molar-refractivity contribution is 7.59. The number of benzene rings is 1. The van der Waals surface area contributed by atoms with Gasteiger partial charge in [-0.05, 0) is 86.6 Å². The van der Waals surface area contributed by atoms with Crippen LogP contribution in [0.3, 0.4) is 0 Å². The second-order valence-corrected chi connectivity index (χ2v) is 13.7. The van der Waals surface area contributed by atoms with E-state index in [-0.39, 0.29) is 31.0 Å². The van der Waals surface area contributed by atoms with Crippen LogP contribution in [0, 0.1) is 28.8 Å². The summed E-state index contributed by atoms with van der Waals surface area (Å²) in [6.07, 6.45) is 7.26. The highest BCUT2D eigenvalue weighted by Crippen LogP contribution is 2.66. The number of hydrogen-bond acceptors (Lipinski definition) is 6. The second-order valence-electron chi connectivity index (χ2n) is 12.0. The van der Waals surface area contributed by atoms with Crippen LogP contribution in [0.1, 0.15) is 77.2 Å². The molecule has 4 aliphatic carbocycles. The molecular formula is C32H42NO5P. The highest BCUT2D eigenvalue weighted by atomic mass is 31.2. The molecule has 0 amide bonds. The summed E-state index contributed by atoms with van der Waals surface area (Å²) in [6.45, 7) is 6.16. The Morgan fingerprint density at radius 2 is 1.82 bits per heavy atom. The third kappa shape index (κ3) is 4.97. The first-order valence-corrected chi connectivity index (χ1v) is 16.0. The summed E-state index contributed by atoms with van der Waals surface area (Å²) in [4.78, 5) is 14.4. The number of nitrogens with zero attached hydrogens (tertiary/aromatic N) is 1. The fourth-order valence-corrected chi connectivity index (χ4v) is 8.92. The molecule has 5 atom stereocenters. The van der Waals surface area contributed by atoms with Gasteiger partial charge in [0.1, 0.15) is 11.4 Å². The monoisotopic (exact) mass is 551 g/mol.